The molecule has 4 nitrogen and oxygen atoms in total. The molecule has 0 saturated carbocycles. The molecule has 0 amide bonds. The maximum Gasteiger partial charge on any atom is 0.128 e. The summed E-state index contributed by atoms with van der Waals surface area (Å²) in [4.78, 5) is 2.42. The van der Waals surface area contributed by atoms with Gasteiger partial charge in [-0.2, -0.15) is 0 Å². The number of hydrazine groups is 1. The van der Waals surface area contributed by atoms with Gasteiger partial charge in [0.25, 0.3) is 0 Å². The summed E-state index contributed by atoms with van der Waals surface area (Å²) in [6, 6.07) is 5.08. The topological polar surface area (TPSA) is 50.5 Å². The third-order valence-electron chi connectivity index (χ3n) is 4.26. The van der Waals surface area contributed by atoms with Gasteiger partial charge in [-0.15, -0.1) is 0 Å². The zero-order valence-corrected chi connectivity index (χ0v) is 12.8. The van der Waals surface area contributed by atoms with Crippen LogP contribution in [0.15, 0.2) is 22.7 Å². The maximum absolute atomic E-state index is 14.0. The molecule has 0 radical (unpaired) electrons. The first-order valence-corrected chi connectivity index (χ1v) is 7.75. The van der Waals surface area contributed by atoms with Crippen molar-refractivity contribution < 1.29 is 9.13 Å². The first-order chi connectivity index (χ1) is 9.69. The van der Waals surface area contributed by atoms with Crippen molar-refractivity contribution >= 4 is 15.9 Å². The van der Waals surface area contributed by atoms with Gasteiger partial charge in [0.2, 0.25) is 0 Å². The van der Waals surface area contributed by atoms with E-state index in [1.54, 1.807) is 12.1 Å². The number of nitrogens with one attached hydrogen (secondary N) is 1. The van der Waals surface area contributed by atoms with Gasteiger partial charge in [-0.1, -0.05) is 15.9 Å². The van der Waals surface area contributed by atoms with E-state index in [2.05, 4.69) is 26.3 Å². The molecule has 0 spiro atoms. The van der Waals surface area contributed by atoms with Crippen molar-refractivity contribution in [3.8, 4) is 0 Å². The molecule has 3 rings (SSSR count). The van der Waals surface area contributed by atoms with Crippen molar-refractivity contribution in [2.75, 3.05) is 19.7 Å². The van der Waals surface area contributed by atoms with Crippen LogP contribution >= 0.6 is 15.9 Å². The van der Waals surface area contributed by atoms with E-state index in [0.29, 0.717) is 18.2 Å². The summed E-state index contributed by atoms with van der Waals surface area (Å²) < 4.78 is 20.8. The third kappa shape index (κ3) is 2.76. The van der Waals surface area contributed by atoms with Crippen LogP contribution in [0, 0.1) is 5.82 Å². The van der Waals surface area contributed by atoms with Crippen molar-refractivity contribution in [2.24, 2.45) is 5.84 Å². The van der Waals surface area contributed by atoms with E-state index in [1.165, 1.54) is 18.9 Å². The molecule has 2 aliphatic rings. The first-order valence-electron chi connectivity index (χ1n) is 6.96. The molecule has 2 fully saturated rings. The molecule has 1 aromatic rings. The van der Waals surface area contributed by atoms with E-state index in [4.69, 9.17) is 10.6 Å². The maximum atomic E-state index is 14.0. The van der Waals surface area contributed by atoms with Gasteiger partial charge in [0.05, 0.1) is 18.8 Å². The van der Waals surface area contributed by atoms with E-state index in [9.17, 15) is 4.39 Å². The van der Waals surface area contributed by atoms with Gasteiger partial charge in [-0.05, 0) is 37.6 Å². The predicted molar refractivity (Wildman–Crippen MR) is 78.5 cm³/mol. The monoisotopic (exact) mass is 343 g/mol. The highest BCUT2D eigenvalue weighted by Gasteiger charge is 2.36. The molecule has 0 aliphatic carbocycles. The van der Waals surface area contributed by atoms with Crippen LogP contribution in [-0.4, -0.2) is 36.7 Å². The van der Waals surface area contributed by atoms with Crippen LogP contribution in [0.4, 0.5) is 4.39 Å². The molecule has 0 bridgehead atoms. The van der Waals surface area contributed by atoms with Crippen LogP contribution < -0.4 is 11.3 Å². The molecular formula is C14H19BrFN3O. The molecule has 3 unspecified atom stereocenters. The molecule has 1 aromatic carbocycles. The Morgan fingerprint density at radius 1 is 1.50 bits per heavy atom. The number of ether oxygens (including phenoxy) is 1. The van der Waals surface area contributed by atoms with Gasteiger partial charge in [0, 0.05) is 22.6 Å². The van der Waals surface area contributed by atoms with E-state index in [1.807, 2.05) is 0 Å². The Bertz CT molecular complexity index is 487. The summed E-state index contributed by atoms with van der Waals surface area (Å²) in [5.41, 5.74) is 3.27. The normalized spacial score (nSPS) is 28.4. The lowest BCUT2D eigenvalue weighted by atomic mass is 9.99. The van der Waals surface area contributed by atoms with E-state index in [-0.39, 0.29) is 18.0 Å². The lowest BCUT2D eigenvalue weighted by Gasteiger charge is -2.38. The number of nitrogens with two attached hydrogens (primary N) is 1. The number of halogens is 2. The molecule has 20 heavy (non-hydrogen) atoms. The van der Waals surface area contributed by atoms with Gasteiger partial charge in [-0.25, -0.2) is 4.39 Å². The van der Waals surface area contributed by atoms with Crippen molar-refractivity contribution in [1.29, 1.82) is 0 Å². The number of morpholine rings is 1. The molecule has 3 N–H and O–H groups in total. The average Bonchev–Trinajstić information content (AvgIpc) is 2.91. The summed E-state index contributed by atoms with van der Waals surface area (Å²) >= 11 is 3.38. The molecule has 0 aromatic heterocycles. The van der Waals surface area contributed by atoms with Gasteiger partial charge >= 0.3 is 0 Å². The minimum Gasteiger partial charge on any atom is -0.373 e. The van der Waals surface area contributed by atoms with Crippen molar-refractivity contribution in [1.82, 2.24) is 10.3 Å². The molecule has 110 valence electrons. The average molecular weight is 344 g/mol. The second kappa shape index (κ2) is 6.07. The number of nitrogens with zero attached hydrogens (tertiary/aromatic N) is 1. The number of hydrogen-bond acceptors (Lipinski definition) is 4. The van der Waals surface area contributed by atoms with Crippen LogP contribution in [0.25, 0.3) is 0 Å². The third-order valence-corrected chi connectivity index (χ3v) is 4.75. The SMILES string of the molecule is NNC(c1cc(Br)ccc1F)C1CN2CCCC2CO1. The number of benzene rings is 1. The molecule has 3 atom stereocenters. The van der Waals surface area contributed by atoms with Crippen LogP contribution in [-0.2, 0) is 4.74 Å². The van der Waals surface area contributed by atoms with Crippen LogP contribution in [0.3, 0.4) is 0 Å². The number of rotatable bonds is 3. The van der Waals surface area contributed by atoms with Gasteiger partial charge in [0.15, 0.2) is 0 Å². The number of fused-ring (bicyclic) bond motifs is 1. The Morgan fingerprint density at radius 3 is 3.15 bits per heavy atom. The highest BCUT2D eigenvalue weighted by atomic mass is 79.9. The quantitative estimate of drug-likeness (QED) is 0.650. The zero-order chi connectivity index (χ0) is 14.1. The first kappa shape index (κ1) is 14.4. The van der Waals surface area contributed by atoms with Crippen LogP contribution in [0.5, 0.6) is 0 Å². The number of hydrogen-bond donors (Lipinski definition) is 2. The Labute approximate surface area is 126 Å². The molecule has 2 aliphatic heterocycles. The highest BCUT2D eigenvalue weighted by Crippen LogP contribution is 2.30. The fourth-order valence-corrected chi connectivity index (χ4v) is 3.57. The summed E-state index contributed by atoms with van der Waals surface area (Å²) in [6.07, 6.45) is 2.28. The smallest absolute Gasteiger partial charge is 0.128 e. The standard InChI is InChI=1S/C14H19BrFN3O/c15-9-3-4-12(16)11(6-9)14(18-17)13-7-19-5-1-2-10(19)8-20-13/h3-4,6,10,13-14,18H,1-2,5,7-8,17H2. The zero-order valence-electron chi connectivity index (χ0n) is 11.2. The second-order valence-corrected chi connectivity index (χ2v) is 6.39. The minimum absolute atomic E-state index is 0.127. The Kier molecular flexibility index (Phi) is 4.37. The van der Waals surface area contributed by atoms with Crippen LogP contribution in [0.1, 0.15) is 24.4 Å². The summed E-state index contributed by atoms with van der Waals surface area (Å²) in [6.45, 7) is 2.60. The highest BCUT2D eigenvalue weighted by molar-refractivity contribution is 9.10. The molecule has 2 heterocycles. The molecule has 2 saturated heterocycles. The Balaban J connectivity index is 1.81. The van der Waals surface area contributed by atoms with E-state index in [0.717, 1.165) is 17.6 Å². The lowest BCUT2D eigenvalue weighted by molar-refractivity contribution is -0.0657. The Morgan fingerprint density at radius 2 is 2.35 bits per heavy atom. The minimum atomic E-state index is -0.339. The lowest BCUT2D eigenvalue weighted by Crippen LogP contribution is -2.51. The van der Waals surface area contributed by atoms with Crippen molar-refractivity contribution in [3.63, 3.8) is 0 Å². The van der Waals surface area contributed by atoms with Gasteiger partial charge in [-0.3, -0.25) is 16.2 Å². The molecule has 6 heteroatoms. The fourth-order valence-electron chi connectivity index (χ4n) is 3.19. The van der Waals surface area contributed by atoms with E-state index >= 15 is 0 Å². The van der Waals surface area contributed by atoms with Crippen LogP contribution in [0.2, 0.25) is 0 Å². The summed E-state index contributed by atoms with van der Waals surface area (Å²) in [5.74, 6) is 5.40. The van der Waals surface area contributed by atoms with Crippen molar-refractivity contribution in [2.45, 2.75) is 31.0 Å². The second-order valence-electron chi connectivity index (χ2n) is 5.47. The van der Waals surface area contributed by atoms with Gasteiger partial charge < -0.3 is 4.74 Å². The summed E-state index contributed by atoms with van der Waals surface area (Å²) in [5, 5.41) is 0. The largest absolute Gasteiger partial charge is 0.373 e. The van der Waals surface area contributed by atoms with Crippen molar-refractivity contribution in [3.05, 3.63) is 34.1 Å². The van der Waals surface area contributed by atoms with Gasteiger partial charge in [0.1, 0.15) is 5.82 Å². The summed E-state index contributed by atoms with van der Waals surface area (Å²) in [7, 11) is 0. The predicted octanol–water partition coefficient (Wildman–Crippen LogP) is 1.96. The Hall–Kier alpha value is -0.530. The molecular weight excluding hydrogens is 325 g/mol. The van der Waals surface area contributed by atoms with E-state index < -0.39 is 0 Å². The fraction of sp³-hybridized carbons (Fsp3) is 0.571.